The molecule has 2 heteroatoms. The average Bonchev–Trinajstić information content (AvgIpc) is 2.82. The van der Waals surface area contributed by atoms with E-state index < -0.39 is 0 Å². The molecule has 0 spiro atoms. The zero-order valence-electron chi connectivity index (χ0n) is 10.6. The Morgan fingerprint density at radius 2 is 1.78 bits per heavy atom. The first-order chi connectivity index (χ1) is 8.75. The Kier molecular flexibility index (Phi) is 2.80. The van der Waals surface area contributed by atoms with Gasteiger partial charge in [0.15, 0.2) is 0 Å². The van der Waals surface area contributed by atoms with Crippen molar-refractivity contribution in [2.45, 2.75) is 0 Å². The summed E-state index contributed by atoms with van der Waals surface area (Å²) in [6.45, 7) is 0. The number of thiophene rings is 1. The minimum atomic E-state index is 1.24. The van der Waals surface area contributed by atoms with Crippen LogP contribution < -0.4 is 4.90 Å². The predicted molar refractivity (Wildman–Crippen MR) is 81.6 cm³/mol. The van der Waals surface area contributed by atoms with E-state index in [1.165, 1.54) is 26.9 Å². The van der Waals surface area contributed by atoms with Gasteiger partial charge in [0.1, 0.15) is 0 Å². The summed E-state index contributed by atoms with van der Waals surface area (Å²) in [5, 5.41) is 3.60. The molecule has 0 saturated heterocycles. The monoisotopic (exact) mass is 253 g/mol. The number of nitrogens with zero attached hydrogens (tertiary/aromatic N) is 1. The molecule has 3 rings (SSSR count). The SMILES string of the molecule is CN(C)c1cccc(-c2csc3ccccc23)c1. The molecule has 90 valence electrons. The Hall–Kier alpha value is -1.80. The molecule has 0 saturated carbocycles. The summed E-state index contributed by atoms with van der Waals surface area (Å²) in [5.41, 5.74) is 3.86. The Labute approximate surface area is 111 Å². The van der Waals surface area contributed by atoms with Crippen LogP contribution in [0.25, 0.3) is 21.2 Å². The van der Waals surface area contributed by atoms with Gasteiger partial charge in [-0.3, -0.25) is 0 Å². The lowest BCUT2D eigenvalue weighted by atomic mass is 10.0. The summed E-state index contributed by atoms with van der Waals surface area (Å²) in [6.07, 6.45) is 0. The van der Waals surface area contributed by atoms with Gasteiger partial charge >= 0.3 is 0 Å². The molecule has 0 bridgehead atoms. The third-order valence-electron chi connectivity index (χ3n) is 3.15. The minimum Gasteiger partial charge on any atom is -0.378 e. The molecule has 0 unspecified atom stereocenters. The van der Waals surface area contributed by atoms with Crippen LogP contribution in [-0.4, -0.2) is 14.1 Å². The van der Waals surface area contributed by atoms with Gasteiger partial charge < -0.3 is 4.90 Å². The maximum atomic E-state index is 2.25. The van der Waals surface area contributed by atoms with Crippen molar-refractivity contribution >= 4 is 27.1 Å². The van der Waals surface area contributed by atoms with E-state index >= 15 is 0 Å². The van der Waals surface area contributed by atoms with E-state index in [0.717, 1.165) is 0 Å². The summed E-state index contributed by atoms with van der Waals surface area (Å²) in [6, 6.07) is 17.3. The largest absolute Gasteiger partial charge is 0.378 e. The van der Waals surface area contributed by atoms with Gasteiger partial charge in [-0.1, -0.05) is 30.3 Å². The van der Waals surface area contributed by atoms with Gasteiger partial charge in [-0.15, -0.1) is 11.3 Å². The molecule has 0 aliphatic rings. The summed E-state index contributed by atoms with van der Waals surface area (Å²) in [5.74, 6) is 0. The maximum absolute atomic E-state index is 2.25. The fraction of sp³-hybridized carbons (Fsp3) is 0.125. The first kappa shape index (κ1) is 11.3. The number of rotatable bonds is 2. The first-order valence-corrected chi connectivity index (χ1v) is 6.87. The molecule has 1 nitrogen and oxygen atoms in total. The highest BCUT2D eigenvalue weighted by atomic mass is 32.1. The molecule has 0 aliphatic heterocycles. The zero-order valence-corrected chi connectivity index (χ0v) is 11.4. The van der Waals surface area contributed by atoms with Gasteiger partial charge in [0, 0.05) is 35.4 Å². The van der Waals surface area contributed by atoms with E-state index in [0.29, 0.717) is 0 Å². The summed E-state index contributed by atoms with van der Waals surface area (Å²) >= 11 is 1.81. The van der Waals surface area contributed by atoms with Gasteiger partial charge in [0.2, 0.25) is 0 Å². The normalized spacial score (nSPS) is 10.8. The molecule has 0 atom stereocenters. The van der Waals surface area contributed by atoms with Crippen molar-refractivity contribution in [1.82, 2.24) is 0 Å². The average molecular weight is 253 g/mol. The van der Waals surface area contributed by atoms with Crippen molar-refractivity contribution in [2.24, 2.45) is 0 Å². The molecule has 3 aromatic rings. The van der Waals surface area contributed by atoms with E-state index in [2.05, 4.69) is 72.9 Å². The molecule has 1 heterocycles. The smallest absolute Gasteiger partial charge is 0.0367 e. The lowest BCUT2D eigenvalue weighted by molar-refractivity contribution is 1.13. The highest BCUT2D eigenvalue weighted by molar-refractivity contribution is 7.17. The van der Waals surface area contributed by atoms with E-state index in [-0.39, 0.29) is 0 Å². The maximum Gasteiger partial charge on any atom is 0.0367 e. The van der Waals surface area contributed by atoms with E-state index in [1.807, 2.05) is 11.3 Å². The fourth-order valence-electron chi connectivity index (χ4n) is 2.15. The molecular formula is C16H15NS. The lowest BCUT2D eigenvalue weighted by Gasteiger charge is -2.13. The van der Waals surface area contributed by atoms with E-state index in [4.69, 9.17) is 0 Å². The molecule has 0 amide bonds. The second-order valence-electron chi connectivity index (χ2n) is 4.59. The second kappa shape index (κ2) is 4.46. The van der Waals surface area contributed by atoms with Gasteiger partial charge in [-0.2, -0.15) is 0 Å². The predicted octanol–water partition coefficient (Wildman–Crippen LogP) is 4.63. The highest BCUT2D eigenvalue weighted by Crippen LogP contribution is 2.34. The van der Waals surface area contributed by atoms with Crippen LogP contribution in [0, 0.1) is 0 Å². The molecule has 0 radical (unpaired) electrons. The van der Waals surface area contributed by atoms with Crippen LogP contribution in [0.1, 0.15) is 0 Å². The molecule has 0 fully saturated rings. The first-order valence-electron chi connectivity index (χ1n) is 6.00. The van der Waals surface area contributed by atoms with Gasteiger partial charge in [0.25, 0.3) is 0 Å². The molecule has 18 heavy (non-hydrogen) atoms. The van der Waals surface area contributed by atoms with E-state index in [1.54, 1.807) is 0 Å². The van der Waals surface area contributed by atoms with Crippen LogP contribution in [0.2, 0.25) is 0 Å². The third kappa shape index (κ3) is 1.89. The van der Waals surface area contributed by atoms with Crippen molar-refractivity contribution in [3.63, 3.8) is 0 Å². The number of fused-ring (bicyclic) bond motifs is 1. The van der Waals surface area contributed by atoms with Crippen LogP contribution in [0.15, 0.2) is 53.9 Å². The summed E-state index contributed by atoms with van der Waals surface area (Å²) in [7, 11) is 4.15. The number of benzene rings is 2. The van der Waals surface area contributed by atoms with Crippen molar-refractivity contribution in [3.8, 4) is 11.1 Å². The number of anilines is 1. The lowest BCUT2D eigenvalue weighted by Crippen LogP contribution is -2.08. The molecular weight excluding hydrogens is 238 g/mol. The Morgan fingerprint density at radius 3 is 2.61 bits per heavy atom. The van der Waals surface area contributed by atoms with Crippen LogP contribution in [0.3, 0.4) is 0 Å². The number of hydrogen-bond donors (Lipinski definition) is 0. The Balaban J connectivity index is 2.17. The quantitative estimate of drug-likeness (QED) is 0.643. The Morgan fingerprint density at radius 1 is 0.944 bits per heavy atom. The molecule has 1 aromatic heterocycles. The van der Waals surface area contributed by atoms with Gasteiger partial charge in [0.05, 0.1) is 0 Å². The standard InChI is InChI=1S/C16H15NS/c1-17(2)13-7-5-6-12(10-13)15-11-18-16-9-4-3-8-14(15)16/h3-11H,1-2H3. The topological polar surface area (TPSA) is 3.24 Å². The molecule has 0 N–H and O–H groups in total. The summed E-state index contributed by atoms with van der Waals surface area (Å²) in [4.78, 5) is 2.14. The van der Waals surface area contributed by atoms with Crippen molar-refractivity contribution < 1.29 is 0 Å². The molecule has 2 aromatic carbocycles. The second-order valence-corrected chi connectivity index (χ2v) is 5.50. The van der Waals surface area contributed by atoms with Crippen LogP contribution in [0.5, 0.6) is 0 Å². The van der Waals surface area contributed by atoms with Crippen molar-refractivity contribution in [2.75, 3.05) is 19.0 Å². The Bertz CT molecular complexity index is 682. The summed E-state index contributed by atoms with van der Waals surface area (Å²) < 4.78 is 1.35. The van der Waals surface area contributed by atoms with Crippen molar-refractivity contribution in [1.29, 1.82) is 0 Å². The third-order valence-corrected chi connectivity index (χ3v) is 4.12. The minimum absolute atomic E-state index is 1.24. The molecule has 0 aliphatic carbocycles. The van der Waals surface area contributed by atoms with E-state index in [9.17, 15) is 0 Å². The van der Waals surface area contributed by atoms with Crippen LogP contribution in [0.4, 0.5) is 5.69 Å². The zero-order chi connectivity index (χ0) is 12.5. The van der Waals surface area contributed by atoms with Gasteiger partial charge in [-0.05, 0) is 29.1 Å². The highest BCUT2D eigenvalue weighted by Gasteiger charge is 2.06. The van der Waals surface area contributed by atoms with Crippen molar-refractivity contribution in [3.05, 3.63) is 53.9 Å². The van der Waals surface area contributed by atoms with Crippen LogP contribution >= 0.6 is 11.3 Å². The van der Waals surface area contributed by atoms with Gasteiger partial charge in [-0.25, -0.2) is 0 Å². The number of hydrogen-bond acceptors (Lipinski definition) is 2. The fourth-order valence-corrected chi connectivity index (χ4v) is 3.12. The van der Waals surface area contributed by atoms with Crippen LogP contribution in [-0.2, 0) is 0 Å².